The van der Waals surface area contributed by atoms with Crippen LogP contribution in [0.25, 0.3) is 0 Å². The van der Waals surface area contributed by atoms with Gasteiger partial charge in [0.15, 0.2) is 0 Å². The molecule has 0 aliphatic rings. The molecule has 6 heavy (non-hydrogen) atoms. The number of hydrogen-bond acceptors (Lipinski definition) is 3. The Bertz CT molecular complexity index is 30.5. The zero-order valence-corrected chi connectivity index (χ0v) is 5.81. The molecule has 0 atom stereocenters. The summed E-state index contributed by atoms with van der Waals surface area (Å²) in [5.74, 6) is 0. The smallest absolute Gasteiger partial charge is 0.0689 e. The van der Waals surface area contributed by atoms with Crippen LogP contribution in [0.15, 0.2) is 0 Å². The fourth-order valence-electron chi connectivity index (χ4n) is 0. The second kappa shape index (κ2) is 9.11. The van der Waals surface area contributed by atoms with Gasteiger partial charge in [-0.25, -0.2) is 0 Å². The molecule has 0 aromatic rings. The molecule has 0 fully saturated rings. The van der Waals surface area contributed by atoms with Crippen LogP contribution in [0.2, 0.25) is 0 Å². The fourth-order valence-corrected chi connectivity index (χ4v) is 0. The van der Waals surface area contributed by atoms with E-state index in [2.05, 4.69) is 0 Å². The predicted octanol–water partition coefficient (Wildman–Crippen LogP) is -1.06. The summed E-state index contributed by atoms with van der Waals surface area (Å²) in [7, 11) is 0. The van der Waals surface area contributed by atoms with E-state index >= 15 is 0 Å². The molecule has 0 amide bonds. The fraction of sp³-hybridized carbons (Fsp3) is 0. The van der Waals surface area contributed by atoms with Crippen LogP contribution in [-0.4, -0.2) is 10.6 Å². The molecule has 0 aromatic heterocycles. The van der Waals surface area contributed by atoms with Crippen LogP contribution in [0.1, 0.15) is 0 Å². The molecule has 0 rings (SSSR count). The van der Waals surface area contributed by atoms with Crippen LogP contribution in [-0.2, 0) is 0 Å². The second-order valence-corrected chi connectivity index (χ2v) is 0.224. The molecule has 0 saturated heterocycles. The Morgan fingerprint density at radius 3 is 1.33 bits per heavy atom. The van der Waals surface area contributed by atoms with Gasteiger partial charge in [-0.15, -0.1) is 0 Å². The Morgan fingerprint density at radius 2 is 1.33 bits per heavy atom. The summed E-state index contributed by atoms with van der Waals surface area (Å²) >= 11 is 0. The van der Waals surface area contributed by atoms with Crippen molar-refractivity contribution < 1.29 is 52.3 Å². The van der Waals surface area contributed by atoms with E-state index < -0.39 is 5.09 Å². The first-order valence-corrected chi connectivity index (χ1v) is 0.548. The Labute approximate surface area is 67.1 Å². The van der Waals surface area contributed by atoms with Crippen molar-refractivity contribution in [2.24, 2.45) is 0 Å². The van der Waals surface area contributed by atoms with Gasteiger partial charge in [0.1, 0.15) is 0 Å². The Hall–Kier alpha value is 0.537. The van der Waals surface area contributed by atoms with E-state index in [4.69, 9.17) is 15.3 Å². The molecule has 0 spiro atoms. The monoisotopic (exact) mass is 220 g/mol. The van der Waals surface area contributed by atoms with Crippen molar-refractivity contribution in [3.8, 4) is 0 Å². The molecule has 2 N–H and O–H groups in total. The van der Waals surface area contributed by atoms with Crippen molar-refractivity contribution in [1.29, 1.82) is 0 Å². The van der Waals surface area contributed by atoms with E-state index in [0.717, 1.165) is 0 Å². The van der Waals surface area contributed by atoms with Gasteiger partial charge in [-0.05, 0) is 0 Å². The van der Waals surface area contributed by atoms with E-state index in [-0.39, 0.29) is 47.2 Å². The van der Waals surface area contributed by atoms with Gasteiger partial charge in [0.25, 0.3) is 0 Å². The molecule has 0 saturated carbocycles. The minimum Gasteiger partial charge on any atom is -0.412 e. The van der Waals surface area contributed by atoms with Gasteiger partial charge in [0.2, 0.25) is 0 Å². The van der Waals surface area contributed by atoms with Crippen molar-refractivity contribution in [3.63, 3.8) is 0 Å². The average Bonchev–Trinajstić information content (AvgIpc) is 0.811. The SMILES string of the molecule is O.O=[N+]([O-])[O-].[Ce]. The molecule has 0 unspecified atom stereocenters. The minimum atomic E-state index is -1.75. The Balaban J connectivity index is -0.0000000450. The van der Waals surface area contributed by atoms with Gasteiger partial charge in [0.05, 0.1) is 5.09 Å². The first-order valence-electron chi connectivity index (χ1n) is 0.548. The third-order valence-electron chi connectivity index (χ3n) is 0. The van der Waals surface area contributed by atoms with Gasteiger partial charge in [-0.2, -0.15) is 0 Å². The minimum absolute atomic E-state index is 0. The second-order valence-electron chi connectivity index (χ2n) is 0.224. The van der Waals surface area contributed by atoms with Crippen molar-refractivity contribution >= 4 is 0 Å². The van der Waals surface area contributed by atoms with Gasteiger partial charge < -0.3 is 20.8 Å². The van der Waals surface area contributed by atoms with Crippen LogP contribution >= 0.6 is 0 Å². The molecular formula is H2CeNO4-. The summed E-state index contributed by atoms with van der Waals surface area (Å²) in [6, 6.07) is 0. The van der Waals surface area contributed by atoms with E-state index in [0.29, 0.717) is 0 Å². The molecule has 0 heterocycles. The molecule has 0 aliphatic carbocycles. The van der Waals surface area contributed by atoms with Crippen LogP contribution in [0.4, 0.5) is 0 Å². The molecule has 36 valence electrons. The maximum atomic E-state index is 8.25. The Morgan fingerprint density at radius 1 is 1.33 bits per heavy atom. The van der Waals surface area contributed by atoms with Gasteiger partial charge in [-0.1, -0.05) is 0 Å². The van der Waals surface area contributed by atoms with Crippen LogP contribution in [0.3, 0.4) is 0 Å². The van der Waals surface area contributed by atoms with Crippen LogP contribution in [0.5, 0.6) is 0 Å². The van der Waals surface area contributed by atoms with Crippen molar-refractivity contribution in [3.05, 3.63) is 15.3 Å². The third kappa shape index (κ3) is 197. The first kappa shape index (κ1) is 16.0. The quantitative estimate of drug-likeness (QED) is 0.384. The van der Waals surface area contributed by atoms with Crippen LogP contribution < -0.4 is 0 Å². The largest absolute Gasteiger partial charge is 0.412 e. The molecular weight excluding hydrogens is 218 g/mol. The zero-order valence-electron chi connectivity index (χ0n) is 2.67. The van der Waals surface area contributed by atoms with Gasteiger partial charge >= 0.3 is 0 Å². The zero-order chi connectivity index (χ0) is 3.58. The van der Waals surface area contributed by atoms with E-state index in [1.165, 1.54) is 0 Å². The summed E-state index contributed by atoms with van der Waals surface area (Å²) in [6.07, 6.45) is 0. The van der Waals surface area contributed by atoms with Crippen molar-refractivity contribution in [2.75, 3.05) is 0 Å². The van der Waals surface area contributed by atoms with E-state index in [9.17, 15) is 0 Å². The number of nitrogens with zero attached hydrogens (tertiary/aromatic N) is 1. The number of hydrogen-bond donors (Lipinski definition) is 0. The van der Waals surface area contributed by atoms with Gasteiger partial charge in [0, 0.05) is 41.7 Å². The van der Waals surface area contributed by atoms with Crippen molar-refractivity contribution in [1.82, 2.24) is 0 Å². The molecule has 0 aromatic carbocycles. The number of rotatable bonds is 0. The van der Waals surface area contributed by atoms with E-state index in [1.54, 1.807) is 0 Å². The normalized spacial score (nSPS) is 4.00. The first-order chi connectivity index (χ1) is 1.73. The summed E-state index contributed by atoms with van der Waals surface area (Å²) in [6.45, 7) is 0. The topological polar surface area (TPSA) is 97.7 Å². The molecule has 5 nitrogen and oxygen atoms in total. The summed E-state index contributed by atoms with van der Waals surface area (Å²) in [5, 5.41) is 14.8. The molecule has 0 radical (unpaired) electrons. The maximum absolute atomic E-state index is 8.25. The summed E-state index contributed by atoms with van der Waals surface area (Å²) < 4.78 is 0. The molecule has 0 aliphatic heterocycles. The average molecular weight is 220 g/mol. The Kier molecular flexibility index (Phi) is 24.3. The molecule has 6 heteroatoms. The summed E-state index contributed by atoms with van der Waals surface area (Å²) in [5.41, 5.74) is 0. The third-order valence-corrected chi connectivity index (χ3v) is 0. The van der Waals surface area contributed by atoms with E-state index in [1.807, 2.05) is 0 Å². The maximum Gasteiger partial charge on any atom is 0.0689 e. The van der Waals surface area contributed by atoms with Crippen LogP contribution in [0, 0.1) is 57.1 Å². The predicted molar refractivity (Wildman–Crippen MR) is 14.0 cm³/mol. The standard InChI is InChI=1S/Ce.NO3.H2O/c;2-1(3)4;/h;;1H2/q;-1;. The van der Waals surface area contributed by atoms with Gasteiger partial charge in [-0.3, -0.25) is 0 Å². The van der Waals surface area contributed by atoms with Crippen molar-refractivity contribution in [2.45, 2.75) is 0 Å². The summed E-state index contributed by atoms with van der Waals surface area (Å²) in [4.78, 5) is 8.25. The molecule has 0 bridgehead atoms.